The summed E-state index contributed by atoms with van der Waals surface area (Å²) in [6, 6.07) is 7.70. The summed E-state index contributed by atoms with van der Waals surface area (Å²) in [6.45, 7) is 4.23. The average molecular weight is 434 g/mol. The topological polar surface area (TPSA) is 79.8 Å². The van der Waals surface area contributed by atoms with Crippen LogP contribution in [0.2, 0.25) is 0 Å². The van der Waals surface area contributed by atoms with E-state index in [0.717, 1.165) is 10.6 Å². The van der Waals surface area contributed by atoms with Crippen LogP contribution in [-0.2, 0) is 25.7 Å². The molecule has 2 amide bonds. The second-order valence-electron chi connectivity index (χ2n) is 6.60. The second-order valence-corrected chi connectivity index (χ2v) is 8.31. The van der Waals surface area contributed by atoms with E-state index in [4.69, 9.17) is 4.74 Å². The fraction of sp³-hybridized carbons (Fsp3) is 0.400. The minimum Gasteiger partial charge on any atom is -0.459 e. The summed E-state index contributed by atoms with van der Waals surface area (Å²) in [5.41, 5.74) is 1.38. The van der Waals surface area contributed by atoms with Crippen molar-refractivity contribution in [2.75, 3.05) is 29.1 Å². The molecule has 1 unspecified atom stereocenters. The van der Waals surface area contributed by atoms with Crippen LogP contribution in [0.3, 0.4) is 0 Å². The molecule has 2 aromatic rings. The molecule has 154 valence electrons. The molecule has 0 spiro atoms. The van der Waals surface area contributed by atoms with Crippen LogP contribution in [0.4, 0.5) is 10.8 Å². The molecular formula is C20H23N3O4S2. The molecule has 2 heterocycles. The zero-order chi connectivity index (χ0) is 21.0. The number of thiazole rings is 1. The maximum Gasteiger partial charge on any atom is 0.311 e. The van der Waals surface area contributed by atoms with Gasteiger partial charge in [0.15, 0.2) is 5.13 Å². The Labute approximate surface area is 178 Å². The molecule has 0 saturated carbocycles. The number of carbonyl (C=O) groups is 3. The molecule has 1 aromatic heterocycles. The van der Waals surface area contributed by atoms with E-state index < -0.39 is 11.9 Å². The molecule has 0 aliphatic carbocycles. The number of hydrogen-bond acceptors (Lipinski definition) is 7. The van der Waals surface area contributed by atoms with Gasteiger partial charge in [0, 0.05) is 42.4 Å². The summed E-state index contributed by atoms with van der Waals surface area (Å²) in [7, 11) is 0. The molecule has 1 fully saturated rings. The summed E-state index contributed by atoms with van der Waals surface area (Å²) in [6.07, 6.45) is 2.13. The van der Waals surface area contributed by atoms with Crippen LogP contribution < -0.4 is 9.80 Å². The molecule has 1 aromatic carbocycles. The first-order valence-corrected chi connectivity index (χ1v) is 11.4. The molecule has 1 aliphatic heterocycles. The van der Waals surface area contributed by atoms with Crippen molar-refractivity contribution in [1.82, 2.24) is 4.98 Å². The second kappa shape index (κ2) is 9.41. The lowest BCUT2D eigenvalue weighted by Gasteiger charge is -2.16. The van der Waals surface area contributed by atoms with E-state index in [-0.39, 0.29) is 24.8 Å². The van der Waals surface area contributed by atoms with Gasteiger partial charge in [0.1, 0.15) is 6.61 Å². The van der Waals surface area contributed by atoms with Gasteiger partial charge < -0.3 is 9.64 Å². The van der Waals surface area contributed by atoms with E-state index in [1.165, 1.54) is 18.3 Å². The predicted molar refractivity (Wildman–Crippen MR) is 114 cm³/mol. The van der Waals surface area contributed by atoms with Crippen molar-refractivity contribution in [3.05, 3.63) is 35.3 Å². The summed E-state index contributed by atoms with van der Waals surface area (Å²) in [4.78, 5) is 45.1. The fourth-order valence-corrected chi connectivity index (χ4v) is 4.44. The van der Waals surface area contributed by atoms with Crippen LogP contribution in [0.25, 0.3) is 0 Å². The molecule has 0 bridgehead atoms. The van der Waals surface area contributed by atoms with Gasteiger partial charge in [-0.15, -0.1) is 23.1 Å². The largest absolute Gasteiger partial charge is 0.459 e. The lowest BCUT2D eigenvalue weighted by Crippen LogP contribution is -2.27. The van der Waals surface area contributed by atoms with E-state index in [0.29, 0.717) is 23.9 Å². The monoisotopic (exact) mass is 433 g/mol. The lowest BCUT2D eigenvalue weighted by molar-refractivity contribution is -0.149. The third-order valence-corrected chi connectivity index (χ3v) is 6.33. The smallest absolute Gasteiger partial charge is 0.311 e. The minimum atomic E-state index is -0.495. The number of ether oxygens (including phenoxy) is 1. The SMILES string of the molecule is CCN(C(C)=O)c1nc(COC(=O)C2CC(=O)N(c3ccc(SC)cc3)C2)cs1. The van der Waals surface area contributed by atoms with Gasteiger partial charge in [-0.2, -0.15) is 0 Å². The first-order valence-electron chi connectivity index (χ1n) is 9.26. The molecule has 0 radical (unpaired) electrons. The average Bonchev–Trinajstić information content (AvgIpc) is 3.33. The normalized spacial score (nSPS) is 16.2. The molecule has 1 saturated heterocycles. The number of hydrogen-bond donors (Lipinski definition) is 0. The Kier molecular flexibility index (Phi) is 6.92. The van der Waals surface area contributed by atoms with Gasteiger partial charge in [0.25, 0.3) is 0 Å². The van der Waals surface area contributed by atoms with E-state index >= 15 is 0 Å². The van der Waals surface area contributed by atoms with Crippen LogP contribution in [0, 0.1) is 5.92 Å². The van der Waals surface area contributed by atoms with Crippen molar-refractivity contribution < 1.29 is 19.1 Å². The van der Waals surface area contributed by atoms with Gasteiger partial charge in [-0.1, -0.05) is 0 Å². The molecule has 1 atom stereocenters. The minimum absolute atomic E-state index is 0.0257. The third-order valence-electron chi connectivity index (χ3n) is 4.67. The Morgan fingerprint density at radius 2 is 2.07 bits per heavy atom. The highest BCUT2D eigenvalue weighted by molar-refractivity contribution is 7.98. The van der Waals surface area contributed by atoms with Crippen LogP contribution in [-0.4, -0.2) is 42.1 Å². The van der Waals surface area contributed by atoms with Crippen LogP contribution >= 0.6 is 23.1 Å². The Balaban J connectivity index is 1.57. The molecule has 7 nitrogen and oxygen atoms in total. The number of thioether (sulfide) groups is 1. The van der Waals surface area contributed by atoms with Crippen LogP contribution in [0.1, 0.15) is 26.0 Å². The number of nitrogens with zero attached hydrogens (tertiary/aromatic N) is 3. The zero-order valence-corrected chi connectivity index (χ0v) is 18.2. The van der Waals surface area contributed by atoms with Gasteiger partial charge in [-0.05, 0) is 37.4 Å². The lowest BCUT2D eigenvalue weighted by atomic mass is 10.1. The Morgan fingerprint density at radius 3 is 2.69 bits per heavy atom. The van der Waals surface area contributed by atoms with Crippen LogP contribution in [0.15, 0.2) is 34.5 Å². The molecule has 1 aliphatic rings. The zero-order valence-electron chi connectivity index (χ0n) is 16.6. The van der Waals surface area contributed by atoms with Gasteiger partial charge in [-0.25, -0.2) is 4.98 Å². The summed E-state index contributed by atoms with van der Waals surface area (Å²) in [5, 5.41) is 2.36. The van der Waals surface area contributed by atoms with Crippen molar-refractivity contribution in [3.63, 3.8) is 0 Å². The number of benzene rings is 1. The van der Waals surface area contributed by atoms with Gasteiger partial charge in [-0.3, -0.25) is 19.3 Å². The third kappa shape index (κ3) is 4.97. The number of esters is 1. The first kappa shape index (κ1) is 21.3. The number of carbonyl (C=O) groups excluding carboxylic acids is 3. The maximum atomic E-state index is 12.5. The first-order chi connectivity index (χ1) is 13.9. The van der Waals surface area contributed by atoms with E-state index in [2.05, 4.69) is 4.98 Å². The summed E-state index contributed by atoms with van der Waals surface area (Å²) in [5.74, 6) is -1.07. The van der Waals surface area contributed by atoms with E-state index in [1.807, 2.05) is 37.4 Å². The fourth-order valence-electron chi connectivity index (χ4n) is 3.12. The highest BCUT2D eigenvalue weighted by Gasteiger charge is 2.36. The quantitative estimate of drug-likeness (QED) is 0.492. The van der Waals surface area contributed by atoms with E-state index in [1.54, 1.807) is 26.9 Å². The predicted octanol–water partition coefficient (Wildman–Crippen LogP) is 3.33. The number of anilines is 2. The van der Waals surface area contributed by atoms with Crippen molar-refractivity contribution >= 4 is 51.7 Å². The number of amides is 2. The summed E-state index contributed by atoms with van der Waals surface area (Å²) < 4.78 is 5.39. The molecule has 29 heavy (non-hydrogen) atoms. The standard InChI is InChI=1S/C20H23N3O4S2/c1-4-22(13(2)24)20-21-15(12-29-20)11-27-19(26)14-9-18(25)23(10-14)16-5-7-17(28-3)8-6-16/h5-8,12,14H,4,9-11H2,1-3H3. The van der Waals surface area contributed by atoms with Gasteiger partial charge >= 0.3 is 5.97 Å². The van der Waals surface area contributed by atoms with Crippen LogP contribution in [0.5, 0.6) is 0 Å². The van der Waals surface area contributed by atoms with Gasteiger partial charge in [0.2, 0.25) is 11.8 Å². The maximum absolute atomic E-state index is 12.5. The van der Waals surface area contributed by atoms with Crippen molar-refractivity contribution in [1.29, 1.82) is 0 Å². The number of aromatic nitrogens is 1. The molecular weight excluding hydrogens is 410 g/mol. The highest BCUT2D eigenvalue weighted by atomic mass is 32.2. The van der Waals surface area contributed by atoms with E-state index in [9.17, 15) is 14.4 Å². The van der Waals surface area contributed by atoms with Gasteiger partial charge in [0.05, 0.1) is 11.6 Å². The molecule has 9 heteroatoms. The molecule has 3 rings (SSSR count). The number of rotatable bonds is 7. The van der Waals surface area contributed by atoms with Crippen molar-refractivity contribution in [3.8, 4) is 0 Å². The molecule has 0 N–H and O–H groups in total. The summed E-state index contributed by atoms with van der Waals surface area (Å²) >= 11 is 2.97. The Morgan fingerprint density at radius 1 is 1.34 bits per heavy atom. The Bertz CT molecular complexity index is 897. The van der Waals surface area contributed by atoms with Crippen molar-refractivity contribution in [2.24, 2.45) is 5.92 Å². The van der Waals surface area contributed by atoms with Crippen molar-refractivity contribution in [2.45, 2.75) is 31.8 Å². The highest BCUT2D eigenvalue weighted by Crippen LogP contribution is 2.28. The Hall–Kier alpha value is -2.39.